The fraction of sp³-hybridized carbons (Fsp3) is 0.167. The summed E-state index contributed by atoms with van der Waals surface area (Å²) in [7, 11) is 0. The van der Waals surface area contributed by atoms with Crippen LogP contribution in [0, 0.1) is 0 Å². The fourth-order valence-electron chi connectivity index (χ4n) is 1.52. The lowest BCUT2D eigenvalue weighted by Gasteiger charge is -2.05. The smallest absolute Gasteiger partial charge is 0.338 e. The number of rotatable bonds is 2. The second-order valence-corrected chi connectivity index (χ2v) is 3.62. The van der Waals surface area contributed by atoms with Crippen LogP contribution >= 0.6 is 11.6 Å². The molecule has 2 rings (SSSR count). The first kappa shape index (κ1) is 10.9. The number of hydrogen-bond donors (Lipinski definition) is 0. The van der Waals surface area contributed by atoms with Gasteiger partial charge < -0.3 is 4.74 Å². The Morgan fingerprint density at radius 1 is 1.44 bits per heavy atom. The summed E-state index contributed by atoms with van der Waals surface area (Å²) in [5.41, 5.74) is 1.15. The summed E-state index contributed by atoms with van der Waals surface area (Å²) < 4.78 is 4.97. The minimum atomic E-state index is -0.372. The Kier molecular flexibility index (Phi) is 3.06. The van der Waals surface area contributed by atoms with Gasteiger partial charge in [0.05, 0.1) is 17.7 Å². The molecule has 4 heteroatoms. The van der Waals surface area contributed by atoms with Crippen LogP contribution in [0.25, 0.3) is 10.9 Å². The van der Waals surface area contributed by atoms with Gasteiger partial charge in [0, 0.05) is 5.39 Å². The molecule has 0 aliphatic carbocycles. The molecule has 0 aliphatic heterocycles. The van der Waals surface area contributed by atoms with Crippen molar-refractivity contribution in [3.05, 3.63) is 41.0 Å². The number of carbonyl (C=O) groups is 1. The minimum absolute atomic E-state index is 0.293. The highest BCUT2D eigenvalue weighted by Crippen LogP contribution is 2.21. The summed E-state index contributed by atoms with van der Waals surface area (Å²) in [4.78, 5) is 15.8. The van der Waals surface area contributed by atoms with Crippen molar-refractivity contribution in [1.82, 2.24) is 4.98 Å². The highest BCUT2D eigenvalue weighted by Gasteiger charge is 2.12. The van der Waals surface area contributed by atoms with Gasteiger partial charge in [-0.1, -0.05) is 29.8 Å². The third kappa shape index (κ3) is 1.99. The summed E-state index contributed by atoms with van der Waals surface area (Å²) in [5, 5.41) is 1.05. The molecule has 0 amide bonds. The maximum Gasteiger partial charge on any atom is 0.338 e. The second kappa shape index (κ2) is 4.49. The molecule has 0 atom stereocenters. The van der Waals surface area contributed by atoms with Gasteiger partial charge in [0.2, 0.25) is 0 Å². The molecule has 1 aromatic carbocycles. The lowest BCUT2D eigenvalue weighted by atomic mass is 10.1. The number of pyridine rings is 1. The van der Waals surface area contributed by atoms with Crippen LogP contribution < -0.4 is 0 Å². The molecule has 3 nitrogen and oxygen atoms in total. The SMILES string of the molecule is CCOC(=O)c1cc(Cl)nc2ccccc12. The van der Waals surface area contributed by atoms with Crippen LogP contribution in [0.2, 0.25) is 5.15 Å². The number of ether oxygens (including phenoxy) is 1. The number of aromatic nitrogens is 1. The molecule has 0 unspecified atom stereocenters. The number of fused-ring (bicyclic) bond motifs is 1. The van der Waals surface area contributed by atoms with Crippen molar-refractivity contribution in [2.45, 2.75) is 6.92 Å². The lowest BCUT2D eigenvalue weighted by Crippen LogP contribution is -2.05. The molecule has 82 valence electrons. The molecular formula is C12H10ClNO2. The molecule has 0 N–H and O–H groups in total. The lowest BCUT2D eigenvalue weighted by molar-refractivity contribution is 0.0528. The van der Waals surface area contributed by atoms with E-state index in [9.17, 15) is 4.79 Å². The van der Waals surface area contributed by atoms with Gasteiger partial charge in [0.1, 0.15) is 5.15 Å². The van der Waals surface area contributed by atoms with E-state index in [4.69, 9.17) is 16.3 Å². The molecular weight excluding hydrogens is 226 g/mol. The van der Waals surface area contributed by atoms with Crippen LogP contribution in [0.4, 0.5) is 0 Å². The molecule has 2 aromatic rings. The Morgan fingerprint density at radius 2 is 2.19 bits per heavy atom. The molecule has 0 bridgehead atoms. The van der Waals surface area contributed by atoms with Crippen LogP contribution in [0.1, 0.15) is 17.3 Å². The molecule has 0 fully saturated rings. The van der Waals surface area contributed by atoms with E-state index < -0.39 is 0 Å². The molecule has 0 saturated carbocycles. The zero-order valence-electron chi connectivity index (χ0n) is 8.74. The number of para-hydroxylation sites is 1. The Labute approximate surface area is 98.0 Å². The number of esters is 1. The highest BCUT2D eigenvalue weighted by molar-refractivity contribution is 6.30. The highest BCUT2D eigenvalue weighted by atomic mass is 35.5. The Hall–Kier alpha value is -1.61. The molecule has 0 saturated heterocycles. The Morgan fingerprint density at radius 3 is 2.94 bits per heavy atom. The van der Waals surface area contributed by atoms with Gasteiger partial charge in [0.15, 0.2) is 0 Å². The van der Waals surface area contributed by atoms with Crippen molar-refractivity contribution in [2.75, 3.05) is 6.61 Å². The summed E-state index contributed by atoms with van der Waals surface area (Å²) in [6, 6.07) is 8.86. The normalized spacial score (nSPS) is 10.4. The van der Waals surface area contributed by atoms with E-state index in [0.717, 1.165) is 5.39 Å². The number of carbonyl (C=O) groups excluding carboxylic acids is 1. The molecule has 0 aliphatic rings. The minimum Gasteiger partial charge on any atom is -0.462 e. The maximum atomic E-state index is 11.7. The zero-order valence-corrected chi connectivity index (χ0v) is 9.49. The predicted molar refractivity (Wildman–Crippen MR) is 62.7 cm³/mol. The second-order valence-electron chi connectivity index (χ2n) is 3.23. The monoisotopic (exact) mass is 235 g/mol. The van der Waals surface area contributed by atoms with E-state index in [1.165, 1.54) is 6.07 Å². The van der Waals surface area contributed by atoms with E-state index >= 15 is 0 Å². The average molecular weight is 236 g/mol. The maximum absolute atomic E-state index is 11.7. The first-order valence-electron chi connectivity index (χ1n) is 4.94. The number of hydrogen-bond acceptors (Lipinski definition) is 3. The zero-order chi connectivity index (χ0) is 11.5. The van der Waals surface area contributed by atoms with E-state index in [1.807, 2.05) is 24.3 Å². The first-order chi connectivity index (χ1) is 7.72. The van der Waals surface area contributed by atoms with Crippen molar-refractivity contribution in [2.24, 2.45) is 0 Å². The third-order valence-corrected chi connectivity index (χ3v) is 2.37. The quantitative estimate of drug-likeness (QED) is 0.593. The Balaban J connectivity index is 2.63. The molecule has 0 radical (unpaired) electrons. The van der Waals surface area contributed by atoms with Crippen molar-refractivity contribution >= 4 is 28.5 Å². The third-order valence-electron chi connectivity index (χ3n) is 2.18. The van der Waals surface area contributed by atoms with E-state index in [2.05, 4.69) is 4.98 Å². The van der Waals surface area contributed by atoms with Crippen LogP contribution in [0.15, 0.2) is 30.3 Å². The molecule has 16 heavy (non-hydrogen) atoms. The standard InChI is InChI=1S/C12H10ClNO2/c1-2-16-12(15)9-7-11(13)14-10-6-4-3-5-8(9)10/h3-7H,2H2,1H3. The van der Waals surface area contributed by atoms with Gasteiger partial charge in [-0.3, -0.25) is 0 Å². The van der Waals surface area contributed by atoms with Crippen molar-refractivity contribution in [1.29, 1.82) is 0 Å². The van der Waals surface area contributed by atoms with Crippen LogP contribution in [-0.4, -0.2) is 17.6 Å². The van der Waals surface area contributed by atoms with E-state index in [0.29, 0.717) is 22.8 Å². The van der Waals surface area contributed by atoms with Gasteiger partial charge in [0.25, 0.3) is 0 Å². The summed E-state index contributed by atoms with van der Waals surface area (Å²) in [6.07, 6.45) is 0. The summed E-state index contributed by atoms with van der Waals surface area (Å²) in [6.45, 7) is 2.11. The predicted octanol–water partition coefficient (Wildman–Crippen LogP) is 3.06. The van der Waals surface area contributed by atoms with Crippen molar-refractivity contribution in [3.63, 3.8) is 0 Å². The Bertz CT molecular complexity index is 540. The van der Waals surface area contributed by atoms with E-state index in [-0.39, 0.29) is 5.97 Å². The van der Waals surface area contributed by atoms with Crippen LogP contribution in [0.3, 0.4) is 0 Å². The summed E-state index contributed by atoms with van der Waals surface area (Å²) >= 11 is 5.85. The largest absolute Gasteiger partial charge is 0.462 e. The summed E-state index contributed by atoms with van der Waals surface area (Å²) in [5.74, 6) is -0.372. The van der Waals surface area contributed by atoms with Gasteiger partial charge >= 0.3 is 5.97 Å². The van der Waals surface area contributed by atoms with Gasteiger partial charge in [-0.25, -0.2) is 9.78 Å². The first-order valence-corrected chi connectivity index (χ1v) is 5.32. The average Bonchev–Trinajstić information content (AvgIpc) is 2.28. The molecule has 1 heterocycles. The van der Waals surface area contributed by atoms with Gasteiger partial charge in [-0.2, -0.15) is 0 Å². The number of halogens is 1. The molecule has 0 spiro atoms. The topological polar surface area (TPSA) is 39.2 Å². The fourth-order valence-corrected chi connectivity index (χ4v) is 1.72. The van der Waals surface area contributed by atoms with E-state index in [1.54, 1.807) is 6.92 Å². The number of benzene rings is 1. The number of nitrogens with zero attached hydrogens (tertiary/aromatic N) is 1. The van der Waals surface area contributed by atoms with Gasteiger partial charge in [-0.15, -0.1) is 0 Å². The van der Waals surface area contributed by atoms with Crippen molar-refractivity contribution in [3.8, 4) is 0 Å². The molecule has 1 aromatic heterocycles. The van der Waals surface area contributed by atoms with Crippen LogP contribution in [-0.2, 0) is 4.74 Å². The van der Waals surface area contributed by atoms with Gasteiger partial charge in [-0.05, 0) is 19.1 Å². The van der Waals surface area contributed by atoms with Crippen molar-refractivity contribution < 1.29 is 9.53 Å². The van der Waals surface area contributed by atoms with Crippen LogP contribution in [0.5, 0.6) is 0 Å².